The van der Waals surface area contributed by atoms with Crippen LogP contribution in [0.1, 0.15) is 82.1 Å². The average molecular weight is 815 g/mol. The van der Waals surface area contributed by atoms with Crippen LogP contribution in [0, 0.1) is 35.5 Å². The molecule has 0 radical (unpaired) electrons. The summed E-state index contributed by atoms with van der Waals surface area (Å²) in [7, 11) is 0. The van der Waals surface area contributed by atoms with Gasteiger partial charge < -0.3 is 53.6 Å². The van der Waals surface area contributed by atoms with Gasteiger partial charge in [0.25, 0.3) is 0 Å². The van der Waals surface area contributed by atoms with Gasteiger partial charge in [0.05, 0.1) is 22.9 Å². The van der Waals surface area contributed by atoms with E-state index in [9.17, 15) is 30.0 Å². The van der Waals surface area contributed by atoms with Crippen molar-refractivity contribution in [1.29, 1.82) is 0 Å². The number of carbonyl (C=O) groups excluding carboxylic acids is 2. The Labute approximate surface area is 342 Å². The largest absolute Gasteiger partial charge is 0.456 e. The molecule has 316 valence electrons. The summed E-state index contributed by atoms with van der Waals surface area (Å²) in [4.78, 5) is 27.3. The van der Waals surface area contributed by atoms with Gasteiger partial charge in [-0.2, -0.15) is 0 Å². The van der Waals surface area contributed by atoms with Crippen LogP contribution in [-0.2, 0) is 43.9 Å². The Balaban J connectivity index is 1.03. The van der Waals surface area contributed by atoms with Gasteiger partial charge in [0.2, 0.25) is 0 Å². The van der Waals surface area contributed by atoms with Crippen molar-refractivity contribution in [3.8, 4) is 0 Å². The predicted octanol–water partition coefficient (Wildman–Crippen LogP) is 3.69. The van der Waals surface area contributed by atoms with E-state index < -0.39 is 118 Å². The topological polar surface area (TPSA) is 186 Å². The Hall–Kier alpha value is -3.24. The summed E-state index contributed by atoms with van der Waals surface area (Å²) >= 11 is 0. The number of benzene rings is 2. The number of hydrogen-bond donors (Lipinski definition) is 4. The van der Waals surface area contributed by atoms with Gasteiger partial charge in [0, 0.05) is 29.4 Å². The van der Waals surface area contributed by atoms with E-state index in [4.69, 9.17) is 33.2 Å². The number of ether oxygens (including phenoxy) is 7. The Morgan fingerprint density at radius 1 is 0.847 bits per heavy atom. The molecule has 7 aliphatic heterocycles. The lowest BCUT2D eigenvalue weighted by molar-refractivity contribution is -0.595. The third-order valence-corrected chi connectivity index (χ3v) is 16.5. The maximum Gasteiger partial charge on any atom is 0.338 e. The van der Waals surface area contributed by atoms with Gasteiger partial charge in [-0.1, -0.05) is 62.4 Å². The lowest BCUT2D eigenvalue weighted by Gasteiger charge is -2.74. The average Bonchev–Trinajstić information content (AvgIpc) is 4.14. The van der Waals surface area contributed by atoms with Crippen LogP contribution in [0.5, 0.6) is 0 Å². The molecule has 0 aromatic heterocycles. The number of esters is 2. The highest BCUT2D eigenvalue weighted by atomic mass is 16.9. The third kappa shape index (κ3) is 5.11. The van der Waals surface area contributed by atoms with Gasteiger partial charge >= 0.3 is 17.9 Å². The molecular formula is C46H54O13. The lowest BCUT2D eigenvalue weighted by atomic mass is 9.49. The van der Waals surface area contributed by atoms with Crippen molar-refractivity contribution in [2.45, 2.75) is 149 Å². The third-order valence-electron chi connectivity index (χ3n) is 16.5. The van der Waals surface area contributed by atoms with E-state index in [1.54, 1.807) is 44.2 Å². The minimum atomic E-state index is -2.07. The number of epoxide rings is 2. The summed E-state index contributed by atoms with van der Waals surface area (Å²) in [6.45, 7) is 7.19. The first-order valence-electron chi connectivity index (χ1n) is 21.5. The molecule has 13 heteroatoms. The van der Waals surface area contributed by atoms with Crippen molar-refractivity contribution in [2.24, 2.45) is 35.5 Å². The van der Waals surface area contributed by atoms with Crippen LogP contribution in [0.15, 0.2) is 72.8 Å². The first-order chi connectivity index (χ1) is 28.1. The molecule has 7 heterocycles. The zero-order chi connectivity index (χ0) is 41.1. The Bertz CT molecular complexity index is 2050. The predicted molar refractivity (Wildman–Crippen MR) is 205 cm³/mol. The molecular weight excluding hydrogens is 760 g/mol. The minimum Gasteiger partial charge on any atom is -0.456 e. The molecule has 1 unspecified atom stereocenters. The molecule has 0 amide bonds. The molecule has 9 fully saturated rings. The quantitative estimate of drug-likeness (QED) is 0.260. The Kier molecular flexibility index (Phi) is 8.30. The van der Waals surface area contributed by atoms with E-state index in [0.717, 1.165) is 0 Å². The molecule has 13 nitrogen and oxygen atoms in total. The fraction of sp³-hybridized carbons (Fsp3) is 0.652. The van der Waals surface area contributed by atoms with Crippen molar-refractivity contribution in [2.75, 3.05) is 0 Å². The molecule has 5 saturated heterocycles. The van der Waals surface area contributed by atoms with Gasteiger partial charge in [0.15, 0.2) is 0 Å². The summed E-state index contributed by atoms with van der Waals surface area (Å²) in [5.41, 5.74) is -7.54. The van der Waals surface area contributed by atoms with Crippen molar-refractivity contribution >= 4 is 11.9 Å². The molecule has 11 aliphatic rings. The zero-order valence-electron chi connectivity index (χ0n) is 33.7. The van der Waals surface area contributed by atoms with E-state index in [2.05, 4.69) is 0 Å². The first-order valence-corrected chi connectivity index (χ1v) is 21.5. The normalized spacial score (nSPS) is 54.5. The number of fused-ring (bicyclic) bond motifs is 6. The molecule has 2 aromatic rings. The number of aliphatic hydroxyl groups is 4. The second-order valence-corrected chi connectivity index (χ2v) is 19.6. The zero-order valence-corrected chi connectivity index (χ0v) is 33.7. The highest BCUT2D eigenvalue weighted by molar-refractivity contribution is 5.89. The van der Waals surface area contributed by atoms with Gasteiger partial charge in [-0.3, -0.25) is 0 Å². The van der Waals surface area contributed by atoms with E-state index in [1.807, 2.05) is 50.2 Å². The smallest absolute Gasteiger partial charge is 0.338 e. The SMILES string of the molecule is C[C@@H]1[C@@H]2OC3(c4ccccc4)O[C@@H]4[C@@H]5[C@@H]6O[C@]6(C)[C@@H](O)[C@@]6(O)[C@@H](C[C@H](C)[C@@H]6OC(=O)/C=C/[C@@H]6O[C@H]6[C@H](OC(=O)c6ccccc6)C6CCC(CC6)C[C@@](C)(O)[C@@]42O)[C@]51O3. The number of rotatable bonds is 3. The lowest BCUT2D eigenvalue weighted by Crippen LogP contribution is -2.89. The molecule has 18 atom stereocenters. The Morgan fingerprint density at radius 2 is 1.53 bits per heavy atom. The van der Waals surface area contributed by atoms with Crippen molar-refractivity contribution in [1.82, 2.24) is 0 Å². The molecule has 2 aromatic carbocycles. The second-order valence-electron chi connectivity index (χ2n) is 19.6. The minimum absolute atomic E-state index is 0.00681. The number of hydrogen-bond acceptors (Lipinski definition) is 13. The standard InChI is InChI=1S/C46H54O13/c1-23-21-30-43(51)35(23)54-31(47)20-19-29-34(53-29)33(55-39(48)27-11-7-5-8-12-27)26-17-15-25(16-18-26)22-41(3,50)45(52)36-24(2)44(30)32(37-42(4,56-37)40(43)49)38(45)58-46(57-36,59-44)28-13-9-6-10-14-28/h5-14,19-20,23-26,29-30,32-38,40,49-52H,15-18,21-22H2,1-4H3/b20-19+/t23-,24+,25?,26?,29-,30+,32-,33+,34+,35-,36-,37-,38+,40+,41+,42-,43+,44-,45-,46?/m0/s1. The maximum atomic E-state index is 13.8. The van der Waals surface area contributed by atoms with E-state index in [-0.39, 0.29) is 18.3 Å². The van der Waals surface area contributed by atoms with Crippen LogP contribution in [0.3, 0.4) is 0 Å². The van der Waals surface area contributed by atoms with E-state index in [0.29, 0.717) is 43.2 Å². The van der Waals surface area contributed by atoms with Crippen LogP contribution in [0.4, 0.5) is 0 Å². The molecule has 13 rings (SSSR count). The summed E-state index contributed by atoms with van der Waals surface area (Å²) < 4.78 is 46.1. The van der Waals surface area contributed by atoms with Crippen LogP contribution >= 0.6 is 0 Å². The molecule has 4 N–H and O–H groups in total. The highest BCUT2D eigenvalue weighted by Gasteiger charge is 2.90. The number of carbonyl (C=O) groups is 2. The maximum absolute atomic E-state index is 13.8. The fourth-order valence-corrected chi connectivity index (χ4v) is 13.5. The van der Waals surface area contributed by atoms with Crippen molar-refractivity contribution in [3.63, 3.8) is 0 Å². The molecule has 4 saturated carbocycles. The van der Waals surface area contributed by atoms with E-state index in [1.165, 1.54) is 6.08 Å². The molecule has 4 aliphatic carbocycles. The van der Waals surface area contributed by atoms with Crippen LogP contribution in [-0.4, -0.2) is 109 Å². The molecule has 59 heavy (non-hydrogen) atoms. The van der Waals surface area contributed by atoms with Crippen LogP contribution < -0.4 is 0 Å². The first kappa shape index (κ1) is 38.7. The van der Waals surface area contributed by atoms with Crippen LogP contribution in [0.25, 0.3) is 0 Å². The van der Waals surface area contributed by atoms with Gasteiger partial charge in [0.1, 0.15) is 59.5 Å². The fourth-order valence-electron chi connectivity index (χ4n) is 13.5. The van der Waals surface area contributed by atoms with Gasteiger partial charge in [-0.25, -0.2) is 9.59 Å². The highest BCUT2D eigenvalue weighted by Crippen LogP contribution is 2.75. The second kappa shape index (κ2) is 12.7. The monoisotopic (exact) mass is 814 g/mol. The van der Waals surface area contributed by atoms with Gasteiger partial charge in [-0.05, 0) is 88.3 Å². The molecule has 1 spiro atoms. The summed E-state index contributed by atoms with van der Waals surface area (Å²) in [6.07, 6.45) is -1.08. The van der Waals surface area contributed by atoms with E-state index >= 15 is 0 Å². The molecule has 10 bridgehead atoms. The van der Waals surface area contributed by atoms with Crippen LogP contribution in [0.2, 0.25) is 0 Å². The van der Waals surface area contributed by atoms with Gasteiger partial charge in [-0.15, -0.1) is 0 Å². The van der Waals surface area contributed by atoms with Crippen molar-refractivity contribution in [3.05, 3.63) is 83.9 Å². The summed E-state index contributed by atoms with van der Waals surface area (Å²) in [6, 6.07) is 18.0. The van der Waals surface area contributed by atoms with Crippen molar-refractivity contribution < 1.29 is 63.2 Å². The summed E-state index contributed by atoms with van der Waals surface area (Å²) in [5.74, 6) is -5.82. The summed E-state index contributed by atoms with van der Waals surface area (Å²) in [5, 5.41) is 52.2. The number of aliphatic hydroxyl groups excluding tert-OH is 1. The Morgan fingerprint density at radius 3 is 2.24 bits per heavy atom.